The van der Waals surface area contributed by atoms with E-state index in [0.717, 1.165) is 18.6 Å². The molecule has 4 N–H and O–H groups in total. The topological polar surface area (TPSA) is 121 Å². The third-order valence-electron chi connectivity index (χ3n) is 2.95. The first-order valence-corrected chi connectivity index (χ1v) is 6.30. The minimum Gasteiger partial charge on any atom is -0.383 e. The summed E-state index contributed by atoms with van der Waals surface area (Å²) in [5, 5.41) is 10.8. The second-order valence-electron chi connectivity index (χ2n) is 4.46. The summed E-state index contributed by atoms with van der Waals surface area (Å²) in [6.07, 6.45) is 1.36. The highest BCUT2D eigenvalue weighted by Crippen LogP contribution is 2.32. The Morgan fingerprint density at radius 2 is 2.05 bits per heavy atom. The van der Waals surface area contributed by atoms with E-state index in [1.54, 1.807) is 0 Å². The zero-order chi connectivity index (χ0) is 15.6. The highest BCUT2D eigenvalue weighted by atomic mass is 19.1. The number of nitro benzene ring substituents is 1. The zero-order valence-corrected chi connectivity index (χ0v) is 11.3. The molecular weight excluding hydrogens is 277 g/mol. The van der Waals surface area contributed by atoms with Crippen LogP contribution in [0.4, 0.5) is 21.8 Å². The quantitative estimate of drug-likeness (QED) is 0.658. The molecule has 2 aromatic rings. The van der Waals surface area contributed by atoms with Crippen molar-refractivity contribution in [2.45, 2.75) is 19.8 Å². The van der Waals surface area contributed by atoms with E-state index in [4.69, 9.17) is 11.5 Å². The van der Waals surface area contributed by atoms with Crippen molar-refractivity contribution < 1.29 is 9.31 Å². The number of aromatic nitrogens is 2. The summed E-state index contributed by atoms with van der Waals surface area (Å²) < 4.78 is 13.4. The third-order valence-corrected chi connectivity index (χ3v) is 2.95. The van der Waals surface area contributed by atoms with Crippen LogP contribution in [0.2, 0.25) is 0 Å². The Kier molecular flexibility index (Phi) is 3.97. The van der Waals surface area contributed by atoms with Gasteiger partial charge in [0.25, 0.3) is 0 Å². The predicted octanol–water partition coefficient (Wildman–Crippen LogP) is 2.31. The first-order chi connectivity index (χ1) is 9.93. The SMILES string of the molecule is CCCc1nc(N)nc(N)c1-c1ccc(F)c([N+](=O)[O-])c1. The molecule has 7 nitrogen and oxygen atoms in total. The average Bonchev–Trinajstić information content (AvgIpc) is 2.39. The Hall–Kier alpha value is -2.77. The lowest BCUT2D eigenvalue weighted by atomic mass is 10.0. The molecule has 0 saturated heterocycles. The fraction of sp³-hybridized carbons (Fsp3) is 0.231. The van der Waals surface area contributed by atoms with Crippen LogP contribution in [0.15, 0.2) is 18.2 Å². The van der Waals surface area contributed by atoms with Gasteiger partial charge in [-0.15, -0.1) is 0 Å². The predicted molar refractivity (Wildman–Crippen MR) is 76.9 cm³/mol. The second kappa shape index (κ2) is 5.70. The van der Waals surface area contributed by atoms with E-state index in [9.17, 15) is 14.5 Å². The molecule has 0 aliphatic heterocycles. The number of nitrogen functional groups attached to an aromatic ring is 2. The van der Waals surface area contributed by atoms with Crippen molar-refractivity contribution in [3.05, 3.63) is 39.8 Å². The molecular formula is C13H14FN5O2. The molecule has 0 aliphatic rings. The molecule has 21 heavy (non-hydrogen) atoms. The Bertz CT molecular complexity index is 705. The summed E-state index contributed by atoms with van der Waals surface area (Å²) in [7, 11) is 0. The maximum Gasteiger partial charge on any atom is 0.305 e. The molecule has 1 aromatic carbocycles. The van der Waals surface area contributed by atoms with Gasteiger partial charge < -0.3 is 11.5 Å². The van der Waals surface area contributed by atoms with Gasteiger partial charge in [0.1, 0.15) is 5.82 Å². The van der Waals surface area contributed by atoms with Gasteiger partial charge in [-0.25, -0.2) is 4.98 Å². The fourth-order valence-corrected chi connectivity index (χ4v) is 2.09. The van der Waals surface area contributed by atoms with E-state index in [1.807, 2.05) is 6.92 Å². The lowest BCUT2D eigenvalue weighted by Crippen LogP contribution is -2.07. The molecule has 0 atom stereocenters. The number of rotatable bonds is 4. The van der Waals surface area contributed by atoms with Crippen LogP contribution in [0.5, 0.6) is 0 Å². The molecule has 1 aromatic heterocycles. The average molecular weight is 291 g/mol. The van der Waals surface area contributed by atoms with Gasteiger partial charge in [-0.3, -0.25) is 10.1 Å². The van der Waals surface area contributed by atoms with Crippen LogP contribution in [0.25, 0.3) is 11.1 Å². The lowest BCUT2D eigenvalue weighted by Gasteiger charge is -2.11. The lowest BCUT2D eigenvalue weighted by molar-refractivity contribution is -0.387. The molecule has 0 fully saturated rings. The summed E-state index contributed by atoms with van der Waals surface area (Å²) >= 11 is 0. The third kappa shape index (κ3) is 2.88. The van der Waals surface area contributed by atoms with Crippen LogP contribution in [-0.2, 0) is 6.42 Å². The summed E-state index contributed by atoms with van der Waals surface area (Å²) in [6.45, 7) is 1.95. The van der Waals surface area contributed by atoms with Crippen molar-refractivity contribution >= 4 is 17.5 Å². The number of hydrogen-bond acceptors (Lipinski definition) is 6. The van der Waals surface area contributed by atoms with Crippen LogP contribution in [0, 0.1) is 15.9 Å². The number of nitrogens with zero attached hydrogens (tertiary/aromatic N) is 3. The van der Waals surface area contributed by atoms with E-state index in [-0.39, 0.29) is 11.8 Å². The first-order valence-electron chi connectivity index (χ1n) is 6.30. The maximum absolute atomic E-state index is 13.4. The molecule has 0 aliphatic carbocycles. The molecule has 8 heteroatoms. The van der Waals surface area contributed by atoms with E-state index < -0.39 is 16.4 Å². The number of aryl methyl sites for hydroxylation is 1. The van der Waals surface area contributed by atoms with Gasteiger partial charge in [0.05, 0.1) is 10.6 Å². The Morgan fingerprint density at radius 1 is 1.33 bits per heavy atom. The van der Waals surface area contributed by atoms with Crippen LogP contribution < -0.4 is 11.5 Å². The van der Waals surface area contributed by atoms with Crippen molar-refractivity contribution in [3.63, 3.8) is 0 Å². The molecule has 0 bridgehead atoms. The van der Waals surface area contributed by atoms with Gasteiger partial charge in [0, 0.05) is 11.6 Å². The second-order valence-corrected chi connectivity index (χ2v) is 4.46. The number of nitro groups is 1. The number of halogens is 1. The largest absolute Gasteiger partial charge is 0.383 e. The van der Waals surface area contributed by atoms with Crippen LogP contribution in [0.1, 0.15) is 19.0 Å². The molecule has 0 saturated carbocycles. The molecule has 2 rings (SSSR count). The zero-order valence-electron chi connectivity index (χ0n) is 11.3. The maximum atomic E-state index is 13.4. The Labute approximate surface area is 120 Å². The molecule has 110 valence electrons. The smallest absolute Gasteiger partial charge is 0.305 e. The van der Waals surface area contributed by atoms with Crippen molar-refractivity contribution in [2.24, 2.45) is 0 Å². The molecule has 0 spiro atoms. The summed E-state index contributed by atoms with van der Waals surface area (Å²) in [5.74, 6) is -0.751. The minimum absolute atomic E-state index is 0.0383. The number of hydrogen-bond donors (Lipinski definition) is 2. The van der Waals surface area contributed by atoms with E-state index >= 15 is 0 Å². The van der Waals surface area contributed by atoms with Gasteiger partial charge >= 0.3 is 5.69 Å². The van der Waals surface area contributed by atoms with Crippen molar-refractivity contribution in [1.82, 2.24) is 9.97 Å². The van der Waals surface area contributed by atoms with Gasteiger partial charge in [0.15, 0.2) is 0 Å². The number of anilines is 2. The molecule has 0 unspecified atom stereocenters. The highest BCUT2D eigenvalue weighted by molar-refractivity contribution is 5.78. The van der Waals surface area contributed by atoms with Crippen molar-refractivity contribution in [3.8, 4) is 11.1 Å². The van der Waals surface area contributed by atoms with Crippen LogP contribution >= 0.6 is 0 Å². The monoisotopic (exact) mass is 291 g/mol. The van der Waals surface area contributed by atoms with Crippen LogP contribution in [-0.4, -0.2) is 14.9 Å². The summed E-state index contributed by atoms with van der Waals surface area (Å²) in [4.78, 5) is 18.0. The Balaban J connectivity index is 2.66. The molecule has 0 radical (unpaired) electrons. The van der Waals surface area contributed by atoms with E-state index in [1.165, 1.54) is 6.07 Å². The van der Waals surface area contributed by atoms with Crippen molar-refractivity contribution in [1.29, 1.82) is 0 Å². The standard InChI is InChI=1S/C13H14FN5O2/c1-2-3-9-11(12(15)18-13(16)17-9)7-4-5-8(14)10(6-7)19(20)21/h4-6H,2-3H2,1H3,(H4,15,16,17,18). The number of benzene rings is 1. The minimum atomic E-state index is -0.907. The summed E-state index contributed by atoms with van der Waals surface area (Å²) in [6, 6.07) is 3.56. The van der Waals surface area contributed by atoms with Crippen molar-refractivity contribution in [2.75, 3.05) is 11.5 Å². The normalized spacial score (nSPS) is 10.6. The van der Waals surface area contributed by atoms with Gasteiger partial charge in [-0.2, -0.15) is 9.37 Å². The highest BCUT2D eigenvalue weighted by Gasteiger charge is 2.19. The molecule has 0 amide bonds. The first kappa shape index (κ1) is 14.6. The summed E-state index contributed by atoms with van der Waals surface area (Å²) in [5.41, 5.74) is 12.2. The van der Waals surface area contributed by atoms with Gasteiger partial charge in [-0.05, 0) is 18.1 Å². The Morgan fingerprint density at radius 3 is 2.67 bits per heavy atom. The van der Waals surface area contributed by atoms with Crippen LogP contribution in [0.3, 0.4) is 0 Å². The van der Waals surface area contributed by atoms with Gasteiger partial charge in [-0.1, -0.05) is 19.4 Å². The van der Waals surface area contributed by atoms with Gasteiger partial charge in [0.2, 0.25) is 11.8 Å². The van der Waals surface area contributed by atoms with E-state index in [0.29, 0.717) is 23.2 Å². The fourth-order valence-electron chi connectivity index (χ4n) is 2.09. The van der Waals surface area contributed by atoms with E-state index in [2.05, 4.69) is 9.97 Å². The number of nitrogens with two attached hydrogens (primary N) is 2. The molecule has 1 heterocycles.